The third kappa shape index (κ3) is 3.76. The van der Waals surface area contributed by atoms with Gasteiger partial charge in [0.25, 0.3) is 0 Å². The molecule has 0 fully saturated rings. The summed E-state index contributed by atoms with van der Waals surface area (Å²) in [5.74, 6) is -0.555. The lowest BCUT2D eigenvalue weighted by atomic mass is 10.3. The van der Waals surface area contributed by atoms with E-state index < -0.39 is 5.97 Å². The van der Waals surface area contributed by atoms with Crippen LogP contribution in [0.2, 0.25) is 0 Å². The highest BCUT2D eigenvalue weighted by atomic mass is 16.5. The summed E-state index contributed by atoms with van der Waals surface area (Å²) in [6.07, 6.45) is 2.60. The van der Waals surface area contributed by atoms with E-state index in [0.717, 1.165) is 0 Å². The number of nitrogen functional groups attached to an aromatic ring is 1. The minimum absolute atomic E-state index is 0.0271. The summed E-state index contributed by atoms with van der Waals surface area (Å²) in [6, 6.07) is 0. The summed E-state index contributed by atoms with van der Waals surface area (Å²) in [6.45, 7) is 2.52. The number of aryl methyl sites for hydroxylation is 1. The topological polar surface area (TPSA) is 99.2 Å². The van der Waals surface area contributed by atoms with Crippen molar-refractivity contribution in [2.45, 2.75) is 26.3 Å². The molecule has 7 heteroatoms. The van der Waals surface area contributed by atoms with Gasteiger partial charge in [-0.1, -0.05) is 0 Å². The number of rotatable bonds is 6. The van der Waals surface area contributed by atoms with Crippen molar-refractivity contribution < 1.29 is 14.3 Å². The maximum Gasteiger partial charge on any atom is 0.361 e. The largest absolute Gasteiger partial charge is 0.461 e. The van der Waals surface area contributed by atoms with Gasteiger partial charge >= 0.3 is 5.97 Å². The minimum atomic E-state index is -0.528. The van der Waals surface area contributed by atoms with Gasteiger partial charge in [0, 0.05) is 26.2 Å². The summed E-state index contributed by atoms with van der Waals surface area (Å²) in [5.41, 5.74) is 6.07. The van der Waals surface area contributed by atoms with Crippen LogP contribution in [0.3, 0.4) is 0 Å². The number of aromatic nitrogens is 2. The van der Waals surface area contributed by atoms with Gasteiger partial charge in [0.15, 0.2) is 5.69 Å². The van der Waals surface area contributed by atoms with Gasteiger partial charge in [0.2, 0.25) is 5.91 Å². The first-order valence-corrected chi connectivity index (χ1v) is 5.79. The quantitative estimate of drug-likeness (QED) is 0.705. The maximum atomic E-state index is 11.5. The Morgan fingerprint density at radius 1 is 1.56 bits per heavy atom. The predicted octanol–water partition coefficient (Wildman–Crippen LogP) is 0.168. The third-order valence-electron chi connectivity index (χ3n) is 2.33. The van der Waals surface area contributed by atoms with Crippen molar-refractivity contribution in [2.75, 3.05) is 19.4 Å². The van der Waals surface area contributed by atoms with Gasteiger partial charge in [-0.05, 0) is 13.3 Å². The highest BCUT2D eigenvalue weighted by Crippen LogP contribution is 2.11. The van der Waals surface area contributed by atoms with Gasteiger partial charge in [-0.15, -0.1) is 0 Å². The van der Waals surface area contributed by atoms with E-state index in [0.29, 0.717) is 19.4 Å². The van der Waals surface area contributed by atoms with Crippen LogP contribution < -0.4 is 11.1 Å². The molecule has 1 aromatic heterocycles. The van der Waals surface area contributed by atoms with E-state index in [4.69, 9.17) is 10.5 Å². The molecule has 7 nitrogen and oxygen atoms in total. The molecule has 0 saturated carbocycles. The second-order valence-electron chi connectivity index (χ2n) is 3.69. The van der Waals surface area contributed by atoms with E-state index in [1.54, 1.807) is 24.9 Å². The Morgan fingerprint density at radius 2 is 2.28 bits per heavy atom. The lowest BCUT2D eigenvalue weighted by molar-refractivity contribution is -0.120. The Hall–Kier alpha value is -2.05. The number of hydrogen-bond acceptors (Lipinski definition) is 5. The standard InChI is InChI=1S/C11H18N4O3/c1-3-18-11(17)10-8(12)7-15(14-10)6-4-5-9(16)13-2/h7H,3-6,12H2,1-2H3,(H,13,16). The number of hydrogen-bond donors (Lipinski definition) is 2. The fraction of sp³-hybridized carbons (Fsp3) is 0.545. The molecular weight excluding hydrogens is 236 g/mol. The van der Waals surface area contributed by atoms with Crippen LogP contribution in [0.4, 0.5) is 5.69 Å². The molecule has 100 valence electrons. The van der Waals surface area contributed by atoms with E-state index in [1.165, 1.54) is 0 Å². The van der Waals surface area contributed by atoms with Crippen LogP contribution in [0.5, 0.6) is 0 Å². The Labute approximate surface area is 105 Å². The van der Waals surface area contributed by atoms with Crippen molar-refractivity contribution in [3.8, 4) is 0 Å². The molecule has 0 aliphatic heterocycles. The van der Waals surface area contributed by atoms with Crippen molar-refractivity contribution >= 4 is 17.6 Å². The summed E-state index contributed by atoms with van der Waals surface area (Å²) in [5, 5.41) is 6.57. The van der Waals surface area contributed by atoms with Crippen LogP contribution in [0.25, 0.3) is 0 Å². The maximum absolute atomic E-state index is 11.5. The molecule has 0 spiro atoms. The van der Waals surface area contributed by atoms with Crippen molar-refractivity contribution in [3.05, 3.63) is 11.9 Å². The summed E-state index contributed by atoms with van der Waals surface area (Å²) in [4.78, 5) is 22.5. The molecule has 0 bridgehead atoms. The lowest BCUT2D eigenvalue weighted by Gasteiger charge is -2.01. The Morgan fingerprint density at radius 3 is 2.89 bits per heavy atom. The molecule has 1 aromatic rings. The SMILES string of the molecule is CCOC(=O)c1nn(CCCC(=O)NC)cc1N. The lowest BCUT2D eigenvalue weighted by Crippen LogP contribution is -2.18. The molecule has 0 aliphatic rings. The zero-order chi connectivity index (χ0) is 13.5. The molecule has 0 unspecified atom stereocenters. The Kier molecular flexibility index (Phi) is 5.16. The molecule has 3 N–H and O–H groups in total. The van der Waals surface area contributed by atoms with Crippen LogP contribution in [0.15, 0.2) is 6.20 Å². The number of carbonyl (C=O) groups is 2. The van der Waals surface area contributed by atoms with Gasteiger partial charge in [-0.25, -0.2) is 4.79 Å². The monoisotopic (exact) mass is 254 g/mol. The van der Waals surface area contributed by atoms with Gasteiger partial charge in [0.1, 0.15) is 0 Å². The number of nitrogens with two attached hydrogens (primary N) is 1. The second kappa shape index (κ2) is 6.63. The number of amides is 1. The minimum Gasteiger partial charge on any atom is -0.461 e. The highest BCUT2D eigenvalue weighted by molar-refractivity contribution is 5.92. The first-order valence-electron chi connectivity index (χ1n) is 5.79. The highest BCUT2D eigenvalue weighted by Gasteiger charge is 2.15. The van der Waals surface area contributed by atoms with E-state index in [2.05, 4.69) is 10.4 Å². The molecule has 0 saturated heterocycles. The van der Waals surface area contributed by atoms with Gasteiger partial charge in [0.05, 0.1) is 12.3 Å². The number of anilines is 1. The average molecular weight is 254 g/mol. The first-order chi connectivity index (χ1) is 8.58. The zero-order valence-electron chi connectivity index (χ0n) is 10.6. The van der Waals surface area contributed by atoms with Crippen LogP contribution in [-0.2, 0) is 16.1 Å². The second-order valence-corrected chi connectivity index (χ2v) is 3.69. The smallest absolute Gasteiger partial charge is 0.361 e. The fourth-order valence-corrected chi connectivity index (χ4v) is 1.44. The van der Waals surface area contributed by atoms with Crippen LogP contribution in [0, 0.1) is 0 Å². The normalized spacial score (nSPS) is 10.1. The van der Waals surface area contributed by atoms with E-state index in [1.807, 2.05) is 0 Å². The van der Waals surface area contributed by atoms with Crippen LogP contribution >= 0.6 is 0 Å². The summed E-state index contributed by atoms with van der Waals surface area (Å²) in [7, 11) is 1.59. The zero-order valence-corrected chi connectivity index (χ0v) is 10.6. The molecule has 1 heterocycles. The van der Waals surface area contributed by atoms with Crippen molar-refractivity contribution in [3.63, 3.8) is 0 Å². The van der Waals surface area contributed by atoms with E-state index in [9.17, 15) is 9.59 Å². The number of nitrogens with zero attached hydrogens (tertiary/aromatic N) is 2. The molecular formula is C11H18N4O3. The molecule has 0 atom stereocenters. The van der Waals surface area contributed by atoms with Crippen molar-refractivity contribution in [1.82, 2.24) is 15.1 Å². The average Bonchev–Trinajstić information content (AvgIpc) is 2.70. The van der Waals surface area contributed by atoms with Crippen molar-refractivity contribution in [1.29, 1.82) is 0 Å². The number of esters is 1. The number of ether oxygens (including phenoxy) is 1. The predicted molar refractivity (Wildman–Crippen MR) is 65.9 cm³/mol. The Balaban J connectivity index is 2.56. The molecule has 0 aromatic carbocycles. The number of nitrogens with one attached hydrogen (secondary N) is 1. The molecule has 1 rings (SSSR count). The van der Waals surface area contributed by atoms with Gasteiger partial charge in [-0.3, -0.25) is 9.48 Å². The van der Waals surface area contributed by atoms with Crippen molar-refractivity contribution in [2.24, 2.45) is 0 Å². The van der Waals surface area contributed by atoms with Crippen LogP contribution in [0.1, 0.15) is 30.3 Å². The summed E-state index contributed by atoms with van der Waals surface area (Å²) >= 11 is 0. The first kappa shape index (κ1) is 14.0. The Bertz CT molecular complexity index is 428. The fourth-order valence-electron chi connectivity index (χ4n) is 1.44. The van der Waals surface area contributed by atoms with Gasteiger partial charge < -0.3 is 15.8 Å². The third-order valence-corrected chi connectivity index (χ3v) is 2.33. The molecule has 0 radical (unpaired) electrons. The van der Waals surface area contributed by atoms with Crippen LogP contribution in [-0.4, -0.2) is 35.3 Å². The van der Waals surface area contributed by atoms with Gasteiger partial charge in [-0.2, -0.15) is 5.10 Å². The molecule has 1 amide bonds. The summed E-state index contributed by atoms with van der Waals surface area (Å²) < 4.78 is 6.37. The number of carbonyl (C=O) groups excluding carboxylic acids is 2. The van der Waals surface area contributed by atoms with E-state index in [-0.39, 0.29) is 23.9 Å². The van der Waals surface area contributed by atoms with E-state index >= 15 is 0 Å². The molecule has 18 heavy (non-hydrogen) atoms. The molecule has 0 aliphatic carbocycles.